The van der Waals surface area contributed by atoms with E-state index in [2.05, 4.69) is 39.0 Å². The molecule has 1 N–H and O–H groups in total. The van der Waals surface area contributed by atoms with Crippen LogP contribution in [0.25, 0.3) is 10.9 Å². The van der Waals surface area contributed by atoms with Crippen LogP contribution in [0, 0.1) is 5.41 Å². The second-order valence-corrected chi connectivity index (χ2v) is 10.2. The molecule has 1 spiro atoms. The molecular weight excluding hydrogens is 451 g/mol. The van der Waals surface area contributed by atoms with Crippen LogP contribution in [-0.4, -0.2) is 83.5 Å². The predicted octanol–water partition coefficient (Wildman–Crippen LogP) is 3.19. The van der Waals surface area contributed by atoms with Crippen LogP contribution in [0.4, 0.5) is 27.8 Å². The molecule has 0 saturated carbocycles. The summed E-state index contributed by atoms with van der Waals surface area (Å²) in [6, 6.07) is 4.01. The van der Waals surface area contributed by atoms with Crippen LogP contribution in [-0.2, 0) is 9.47 Å². The fraction of sp³-hybridized carbons (Fsp3) is 0.583. The van der Waals surface area contributed by atoms with E-state index >= 15 is 0 Å². The van der Waals surface area contributed by atoms with Gasteiger partial charge < -0.3 is 24.6 Å². The van der Waals surface area contributed by atoms with Crippen LogP contribution >= 0.6 is 0 Å². The molecule has 3 aliphatic heterocycles. The molecule has 0 aromatic carbocycles. The molecule has 6 rings (SSSR count). The zero-order valence-electron chi connectivity index (χ0n) is 20.3. The maximum atomic E-state index is 14.4. The van der Waals surface area contributed by atoms with Crippen molar-refractivity contribution in [3.05, 3.63) is 24.5 Å². The number of methoxy groups -OCH3 is 1. The van der Waals surface area contributed by atoms with Gasteiger partial charge in [-0.05, 0) is 26.3 Å². The van der Waals surface area contributed by atoms with E-state index in [1.807, 2.05) is 21.8 Å². The minimum absolute atomic E-state index is 0. The maximum absolute atomic E-state index is 14.4. The normalized spacial score (nSPS) is 23.6. The molecule has 35 heavy (non-hydrogen) atoms. The second kappa shape index (κ2) is 8.56. The molecule has 11 heteroatoms. The number of piperidine rings is 1. The summed E-state index contributed by atoms with van der Waals surface area (Å²) < 4.78 is 27.1. The number of halogens is 1. The van der Waals surface area contributed by atoms with Crippen molar-refractivity contribution in [3.8, 4) is 0 Å². The summed E-state index contributed by atoms with van der Waals surface area (Å²) in [4.78, 5) is 17.8. The van der Waals surface area contributed by atoms with Gasteiger partial charge in [-0.25, -0.2) is 14.4 Å². The second-order valence-electron chi connectivity index (χ2n) is 10.2. The van der Waals surface area contributed by atoms with Crippen molar-refractivity contribution >= 4 is 34.3 Å². The third-order valence-electron chi connectivity index (χ3n) is 7.20. The van der Waals surface area contributed by atoms with E-state index in [1.165, 1.54) is 0 Å². The minimum atomic E-state index is -1.07. The minimum Gasteiger partial charge on any atom is -0.380 e. The average Bonchev–Trinajstić information content (AvgIpc) is 3.16. The molecule has 3 aromatic heterocycles. The number of pyridine rings is 1. The molecule has 6 heterocycles. The van der Waals surface area contributed by atoms with Gasteiger partial charge in [0, 0.05) is 52.7 Å². The van der Waals surface area contributed by atoms with Crippen LogP contribution < -0.4 is 15.1 Å². The van der Waals surface area contributed by atoms with E-state index in [1.54, 1.807) is 19.4 Å². The van der Waals surface area contributed by atoms with Crippen LogP contribution in [0.1, 0.15) is 27.7 Å². The van der Waals surface area contributed by atoms with Gasteiger partial charge in [0.05, 0.1) is 42.2 Å². The van der Waals surface area contributed by atoms with Gasteiger partial charge in [0.25, 0.3) is 0 Å². The van der Waals surface area contributed by atoms with Gasteiger partial charge in [-0.2, -0.15) is 10.1 Å². The first-order chi connectivity index (χ1) is 16.9. The molecule has 0 amide bonds. The smallest absolute Gasteiger partial charge is 0.227 e. The van der Waals surface area contributed by atoms with E-state index < -0.39 is 6.17 Å². The molecule has 0 radical (unpaired) electrons. The topological polar surface area (TPSA) is 93.5 Å². The van der Waals surface area contributed by atoms with E-state index in [0.29, 0.717) is 36.0 Å². The van der Waals surface area contributed by atoms with Crippen LogP contribution in [0.3, 0.4) is 0 Å². The number of rotatable bonds is 6. The lowest BCUT2D eigenvalue weighted by atomic mass is 9.78. The van der Waals surface area contributed by atoms with Crippen LogP contribution in [0.15, 0.2) is 24.5 Å². The number of nitrogens with zero attached hydrogens (tertiary/aromatic N) is 7. The first-order valence-electron chi connectivity index (χ1n) is 12.2. The summed E-state index contributed by atoms with van der Waals surface area (Å²) in [7, 11) is 1.55. The van der Waals surface area contributed by atoms with Gasteiger partial charge in [0.2, 0.25) is 5.95 Å². The zero-order valence-corrected chi connectivity index (χ0v) is 20.3. The summed E-state index contributed by atoms with van der Waals surface area (Å²) in [5.74, 6) is 2.75. The average molecular weight is 485 g/mol. The number of anilines is 4. The van der Waals surface area contributed by atoms with Crippen molar-refractivity contribution in [2.24, 2.45) is 5.41 Å². The lowest BCUT2D eigenvalue weighted by molar-refractivity contribution is -0.127. The molecule has 0 aliphatic carbocycles. The van der Waals surface area contributed by atoms with E-state index in [0.717, 1.165) is 43.0 Å². The number of hydrogen-bond acceptors (Lipinski definition) is 9. The number of nitrogens with one attached hydrogen (secondary N) is 1. The fourth-order valence-electron chi connectivity index (χ4n) is 5.23. The molecule has 0 bridgehead atoms. The highest BCUT2D eigenvalue weighted by atomic mass is 19.1. The van der Waals surface area contributed by atoms with Gasteiger partial charge in [0.15, 0.2) is 5.82 Å². The van der Waals surface area contributed by atoms with E-state index in [9.17, 15) is 4.39 Å². The molecular formula is C24H33FN8O2. The van der Waals surface area contributed by atoms with E-state index in [-0.39, 0.29) is 20.1 Å². The maximum Gasteiger partial charge on any atom is 0.227 e. The largest absolute Gasteiger partial charge is 0.380 e. The summed E-state index contributed by atoms with van der Waals surface area (Å²) >= 11 is 0. The zero-order chi connectivity index (χ0) is 24.2. The predicted molar refractivity (Wildman–Crippen MR) is 133 cm³/mol. The first-order valence-corrected chi connectivity index (χ1v) is 12.2. The van der Waals surface area contributed by atoms with Gasteiger partial charge >= 0.3 is 0 Å². The highest BCUT2D eigenvalue weighted by molar-refractivity contribution is 5.92. The van der Waals surface area contributed by atoms with Crippen molar-refractivity contribution in [3.63, 3.8) is 0 Å². The Morgan fingerprint density at radius 1 is 1.23 bits per heavy atom. The molecule has 188 valence electrons. The Bertz CT molecular complexity index is 1230. The standard InChI is InChI=1S/C24H31FN8O2.H2/c1-15(2)33-18-8-21(27-9-16(18)22(30-33)32-11-24(12-32)13-35-14-24)28-20-4-6-26-23(29-20)31-7-5-19(34-3)17(25)10-31;/h4,6,8-9,15,17,19H,5,7,10-14H2,1-3H3,(H,26,27,28,29);1H. The van der Waals surface area contributed by atoms with Gasteiger partial charge in [0.1, 0.15) is 17.8 Å². The van der Waals surface area contributed by atoms with Crippen molar-refractivity contribution in [1.82, 2.24) is 24.7 Å². The Morgan fingerprint density at radius 3 is 2.74 bits per heavy atom. The molecule has 3 aliphatic rings. The van der Waals surface area contributed by atoms with Gasteiger partial charge in [-0.3, -0.25) is 4.68 Å². The Balaban J connectivity index is 0.00000267. The van der Waals surface area contributed by atoms with Crippen molar-refractivity contribution in [2.45, 2.75) is 38.6 Å². The molecule has 3 saturated heterocycles. The van der Waals surface area contributed by atoms with E-state index in [4.69, 9.17) is 14.6 Å². The quantitative estimate of drug-likeness (QED) is 0.566. The Morgan fingerprint density at radius 2 is 2.06 bits per heavy atom. The monoisotopic (exact) mass is 484 g/mol. The number of fused-ring (bicyclic) bond motifs is 1. The number of hydrogen-bond donors (Lipinski definition) is 1. The van der Waals surface area contributed by atoms with Crippen molar-refractivity contribution < 1.29 is 15.3 Å². The number of ether oxygens (including phenoxy) is 2. The summed E-state index contributed by atoms with van der Waals surface area (Å²) in [6.45, 7) is 8.75. The third-order valence-corrected chi connectivity index (χ3v) is 7.20. The molecule has 2 unspecified atom stereocenters. The van der Waals surface area contributed by atoms with Crippen LogP contribution in [0.2, 0.25) is 0 Å². The summed E-state index contributed by atoms with van der Waals surface area (Å²) in [6.07, 6.45) is 2.72. The lowest BCUT2D eigenvalue weighted by Crippen LogP contribution is -2.66. The SMILES string of the molecule is COC1CCN(c2nccc(Nc3cc4c(cn3)c(N3CC5(COC5)C3)nn4C(C)C)n2)CC1F.[HH]. The van der Waals surface area contributed by atoms with Crippen LogP contribution in [0.5, 0.6) is 0 Å². The lowest BCUT2D eigenvalue weighted by Gasteiger charge is -2.55. The number of aromatic nitrogens is 5. The molecule has 2 atom stereocenters. The Labute approximate surface area is 204 Å². The summed E-state index contributed by atoms with van der Waals surface area (Å²) in [5.41, 5.74) is 1.34. The number of alkyl halides is 1. The Kier molecular flexibility index (Phi) is 5.48. The van der Waals surface area contributed by atoms with Crippen molar-refractivity contribution in [1.29, 1.82) is 0 Å². The highest BCUT2D eigenvalue weighted by Crippen LogP contribution is 2.42. The molecule has 3 aromatic rings. The molecule has 10 nitrogen and oxygen atoms in total. The van der Waals surface area contributed by atoms with Gasteiger partial charge in [-0.1, -0.05) is 0 Å². The fourth-order valence-corrected chi connectivity index (χ4v) is 5.23. The molecule has 3 fully saturated rings. The Hall–Kier alpha value is -3.05. The van der Waals surface area contributed by atoms with Crippen molar-refractivity contribution in [2.75, 3.05) is 61.6 Å². The summed E-state index contributed by atoms with van der Waals surface area (Å²) in [5, 5.41) is 9.27. The first kappa shape index (κ1) is 22.4. The highest BCUT2D eigenvalue weighted by Gasteiger charge is 2.50. The third kappa shape index (κ3) is 3.96. The van der Waals surface area contributed by atoms with Gasteiger partial charge in [-0.15, -0.1) is 0 Å².